The van der Waals surface area contributed by atoms with E-state index in [-0.39, 0.29) is 12.8 Å². The van der Waals surface area contributed by atoms with Crippen molar-refractivity contribution in [3.8, 4) is 6.07 Å². The summed E-state index contributed by atoms with van der Waals surface area (Å²) < 4.78 is 63.8. The fourth-order valence-corrected chi connectivity index (χ4v) is 2.00. The van der Waals surface area contributed by atoms with Crippen LogP contribution < -0.4 is 0 Å². The maximum atomic E-state index is 12.5. The van der Waals surface area contributed by atoms with Gasteiger partial charge >= 0.3 is 15.6 Å². The third-order valence-corrected chi connectivity index (χ3v) is 3.95. The van der Waals surface area contributed by atoms with Crippen LogP contribution >= 0.6 is 0 Å². The summed E-state index contributed by atoms with van der Waals surface area (Å²) in [6.07, 6.45) is 3.22. The van der Waals surface area contributed by atoms with E-state index in [9.17, 15) is 26.9 Å². The van der Waals surface area contributed by atoms with Gasteiger partial charge in [-0.25, -0.2) is 0 Å². The average molecular weight is 351 g/mol. The van der Waals surface area contributed by atoms with Crippen LogP contribution in [0, 0.1) is 16.7 Å². The highest BCUT2D eigenvalue weighted by Crippen LogP contribution is 2.39. The molecule has 0 aromatic carbocycles. The number of nitrogens with zero attached hydrogens (tertiary/aromatic N) is 1. The van der Waals surface area contributed by atoms with E-state index in [0.717, 1.165) is 11.1 Å². The van der Waals surface area contributed by atoms with Gasteiger partial charge in [0.05, 0.1) is 6.07 Å². The Kier molecular flexibility index (Phi) is 7.10. The third kappa shape index (κ3) is 6.10. The van der Waals surface area contributed by atoms with Crippen LogP contribution in [0.15, 0.2) is 35.6 Å². The first-order valence-corrected chi connectivity index (χ1v) is 8.06. The molecule has 0 radical (unpaired) electrons. The minimum Gasteiger partial charge on any atom is -0.379 e. The lowest BCUT2D eigenvalue weighted by Gasteiger charge is -2.26. The van der Waals surface area contributed by atoms with E-state index in [1.807, 2.05) is 6.07 Å². The molecule has 130 valence electrons. The van der Waals surface area contributed by atoms with Gasteiger partial charge in [0.2, 0.25) is 0 Å². The van der Waals surface area contributed by atoms with Gasteiger partial charge in [-0.05, 0) is 40.5 Å². The Morgan fingerprint density at radius 2 is 1.52 bits per heavy atom. The van der Waals surface area contributed by atoms with Crippen molar-refractivity contribution in [1.29, 1.82) is 5.26 Å². The fraction of sp³-hybridized carbons (Fsp3) is 0.533. The van der Waals surface area contributed by atoms with E-state index in [0.29, 0.717) is 0 Å². The lowest BCUT2D eigenvalue weighted by Crippen LogP contribution is -2.30. The molecule has 0 amide bonds. The summed E-state index contributed by atoms with van der Waals surface area (Å²) >= 11 is 0. The minimum absolute atomic E-state index is 0.0121. The molecule has 0 unspecified atom stereocenters. The summed E-state index contributed by atoms with van der Waals surface area (Å²) in [6.45, 7) is 10.3. The molecule has 0 aromatic heterocycles. The third-order valence-electron chi connectivity index (χ3n) is 2.96. The molecule has 0 fully saturated rings. The molecular weight excluding hydrogens is 331 g/mol. The summed E-state index contributed by atoms with van der Waals surface area (Å²) in [5, 5.41) is 9.45. The Morgan fingerprint density at radius 1 is 1.13 bits per heavy atom. The smallest absolute Gasteiger partial charge is 0.379 e. The van der Waals surface area contributed by atoms with E-state index in [1.165, 1.54) is 0 Å². The Morgan fingerprint density at radius 3 is 1.78 bits per heavy atom. The van der Waals surface area contributed by atoms with Crippen LogP contribution in [-0.4, -0.2) is 13.9 Å². The van der Waals surface area contributed by atoms with Gasteiger partial charge in [-0.15, -0.1) is 0 Å². The Balaban J connectivity index is 5.77. The van der Waals surface area contributed by atoms with E-state index in [1.54, 1.807) is 39.8 Å². The highest BCUT2D eigenvalue weighted by Gasteiger charge is 2.50. The zero-order valence-electron chi connectivity index (χ0n) is 13.5. The number of allylic oxidation sites excluding steroid dienone is 5. The number of rotatable bonds is 7. The summed E-state index contributed by atoms with van der Waals surface area (Å²) in [6, 6.07) is 1.85. The first-order valence-electron chi connectivity index (χ1n) is 6.65. The standard InChI is InChI=1S/C15H20F3NO3S/c1-11(2)6-8-14(10-19,9-7-12(3)4)13(5)22-23(20,21)15(16,17)18/h6-7H,5,8-9H2,1-4H3. The zero-order valence-corrected chi connectivity index (χ0v) is 14.3. The van der Waals surface area contributed by atoms with Crippen molar-refractivity contribution in [2.75, 3.05) is 0 Å². The van der Waals surface area contributed by atoms with Crippen molar-refractivity contribution in [3.63, 3.8) is 0 Å². The fourth-order valence-electron chi connectivity index (χ4n) is 1.48. The zero-order chi connectivity index (χ0) is 18.5. The number of hydrogen-bond donors (Lipinski definition) is 0. The van der Waals surface area contributed by atoms with Gasteiger partial charge in [-0.2, -0.15) is 26.9 Å². The van der Waals surface area contributed by atoms with Gasteiger partial charge in [0, 0.05) is 0 Å². The van der Waals surface area contributed by atoms with Crippen LogP contribution in [-0.2, 0) is 14.3 Å². The van der Waals surface area contributed by atoms with Crippen LogP contribution in [0.1, 0.15) is 40.5 Å². The predicted octanol–water partition coefficient (Wildman–Crippen LogP) is 4.59. The Bertz CT molecular complexity index is 624. The molecule has 8 heteroatoms. The van der Waals surface area contributed by atoms with Crippen molar-refractivity contribution in [2.45, 2.75) is 46.0 Å². The van der Waals surface area contributed by atoms with Gasteiger partial charge in [0.25, 0.3) is 0 Å². The van der Waals surface area contributed by atoms with E-state index >= 15 is 0 Å². The highest BCUT2D eigenvalue weighted by atomic mass is 32.2. The molecular formula is C15H20F3NO3S. The van der Waals surface area contributed by atoms with Gasteiger partial charge in [0.1, 0.15) is 11.2 Å². The molecule has 0 aliphatic carbocycles. The number of alkyl halides is 3. The van der Waals surface area contributed by atoms with Gasteiger partial charge in [-0.3, -0.25) is 0 Å². The second-order valence-corrected chi connectivity index (χ2v) is 7.11. The van der Waals surface area contributed by atoms with Crippen LogP contribution in [0.3, 0.4) is 0 Å². The van der Waals surface area contributed by atoms with Crippen molar-refractivity contribution >= 4 is 10.1 Å². The molecule has 0 N–H and O–H groups in total. The molecule has 0 heterocycles. The van der Waals surface area contributed by atoms with Gasteiger partial charge in [-0.1, -0.05) is 29.9 Å². The SMILES string of the molecule is C=C(OS(=O)(=O)C(F)(F)F)C(C#N)(CC=C(C)C)CC=C(C)C. The molecule has 0 atom stereocenters. The average Bonchev–Trinajstić information content (AvgIpc) is 2.37. The number of hydrogen-bond acceptors (Lipinski definition) is 4. The molecule has 4 nitrogen and oxygen atoms in total. The topological polar surface area (TPSA) is 67.2 Å². The Hall–Kier alpha value is -1.75. The summed E-state index contributed by atoms with van der Waals surface area (Å²) in [4.78, 5) is 0. The molecule has 0 saturated heterocycles. The summed E-state index contributed by atoms with van der Waals surface area (Å²) in [7, 11) is -5.86. The van der Waals surface area contributed by atoms with Gasteiger partial charge in [0.15, 0.2) is 0 Å². The number of halogens is 3. The van der Waals surface area contributed by atoms with Gasteiger partial charge < -0.3 is 4.18 Å². The molecule has 23 heavy (non-hydrogen) atoms. The molecule has 0 aliphatic rings. The molecule has 0 aliphatic heterocycles. The first kappa shape index (κ1) is 21.2. The quantitative estimate of drug-likeness (QED) is 0.291. The second kappa shape index (κ2) is 7.68. The lowest BCUT2D eigenvalue weighted by atomic mass is 9.80. The van der Waals surface area contributed by atoms with E-state index in [2.05, 4.69) is 10.8 Å². The summed E-state index contributed by atoms with van der Waals surface area (Å²) in [5.74, 6) is -0.743. The van der Waals surface area contributed by atoms with Crippen molar-refractivity contribution < 1.29 is 25.8 Å². The normalized spacial score (nSPS) is 12.1. The molecule has 0 rings (SSSR count). The van der Waals surface area contributed by atoms with Crippen LogP contribution in [0.4, 0.5) is 13.2 Å². The van der Waals surface area contributed by atoms with Crippen LogP contribution in [0.25, 0.3) is 0 Å². The molecule has 0 bridgehead atoms. The van der Waals surface area contributed by atoms with Crippen LogP contribution in [0.2, 0.25) is 0 Å². The van der Waals surface area contributed by atoms with Crippen molar-refractivity contribution in [3.05, 3.63) is 35.6 Å². The maximum absolute atomic E-state index is 12.5. The molecule has 0 spiro atoms. The minimum atomic E-state index is -5.86. The summed E-state index contributed by atoms with van der Waals surface area (Å²) in [5.41, 5.74) is -5.53. The van der Waals surface area contributed by atoms with Crippen molar-refractivity contribution in [1.82, 2.24) is 0 Å². The highest BCUT2D eigenvalue weighted by molar-refractivity contribution is 7.87. The van der Waals surface area contributed by atoms with Crippen molar-refractivity contribution in [2.24, 2.45) is 5.41 Å². The second-order valence-electron chi connectivity index (χ2n) is 5.57. The molecule has 0 aromatic rings. The predicted molar refractivity (Wildman–Crippen MR) is 81.3 cm³/mol. The largest absolute Gasteiger partial charge is 0.534 e. The first-order chi connectivity index (χ1) is 10.3. The maximum Gasteiger partial charge on any atom is 0.534 e. The van der Waals surface area contributed by atoms with E-state index in [4.69, 9.17) is 0 Å². The van der Waals surface area contributed by atoms with E-state index < -0.39 is 26.8 Å². The monoisotopic (exact) mass is 351 g/mol. The van der Waals surface area contributed by atoms with Crippen LogP contribution in [0.5, 0.6) is 0 Å². The number of nitriles is 1. The lowest BCUT2D eigenvalue weighted by molar-refractivity contribution is -0.0529. The Labute approximate surface area is 135 Å². The molecule has 0 saturated carbocycles.